The van der Waals surface area contributed by atoms with Crippen molar-refractivity contribution in [3.05, 3.63) is 59.7 Å². The van der Waals surface area contributed by atoms with Crippen LogP contribution in [0.25, 0.3) is 11.0 Å². The van der Waals surface area contributed by atoms with Crippen LogP contribution in [0.15, 0.2) is 42.6 Å². The number of hydrogen-bond donors (Lipinski definition) is 3. The maximum atomic E-state index is 5.66. The van der Waals surface area contributed by atoms with Gasteiger partial charge in [0.2, 0.25) is 0 Å². The molecule has 3 aromatic rings. The van der Waals surface area contributed by atoms with E-state index in [0.717, 1.165) is 49.1 Å². The van der Waals surface area contributed by atoms with Crippen molar-refractivity contribution >= 4 is 23.4 Å². The summed E-state index contributed by atoms with van der Waals surface area (Å²) in [4.78, 5) is 13.0. The summed E-state index contributed by atoms with van der Waals surface area (Å²) in [5, 5.41) is 3.66. The summed E-state index contributed by atoms with van der Waals surface area (Å²) in [6, 6.07) is 13.1. The number of hydrogen-bond acceptors (Lipinski definition) is 4. The van der Waals surface area contributed by atoms with Gasteiger partial charge in [-0.25, -0.2) is 9.97 Å². The van der Waals surface area contributed by atoms with E-state index < -0.39 is 0 Å². The molecule has 0 saturated carbocycles. The Kier molecular flexibility index (Phi) is 6.25. The van der Waals surface area contributed by atoms with Gasteiger partial charge in [-0.15, -0.1) is 12.4 Å². The first-order chi connectivity index (χ1) is 12.3. The van der Waals surface area contributed by atoms with Gasteiger partial charge >= 0.3 is 0 Å². The van der Waals surface area contributed by atoms with Crippen molar-refractivity contribution in [2.45, 2.75) is 37.6 Å². The third-order valence-corrected chi connectivity index (χ3v) is 5.08. The first-order valence-electron chi connectivity index (χ1n) is 9.17. The lowest BCUT2D eigenvalue weighted by atomic mass is 9.86. The summed E-state index contributed by atoms with van der Waals surface area (Å²) >= 11 is 0. The van der Waals surface area contributed by atoms with Gasteiger partial charge in [0.1, 0.15) is 5.82 Å². The van der Waals surface area contributed by atoms with E-state index in [1.807, 2.05) is 12.3 Å². The van der Waals surface area contributed by atoms with Crippen molar-refractivity contribution in [3.8, 4) is 0 Å². The van der Waals surface area contributed by atoms with Gasteiger partial charge in [-0.1, -0.05) is 30.3 Å². The van der Waals surface area contributed by atoms with Gasteiger partial charge in [0.25, 0.3) is 0 Å². The number of piperidine rings is 1. The number of fused-ring (bicyclic) bond motifs is 1. The minimum absolute atomic E-state index is 0. The van der Waals surface area contributed by atoms with Gasteiger partial charge in [0, 0.05) is 24.6 Å². The molecule has 4 N–H and O–H groups in total. The number of halogens is 1. The van der Waals surface area contributed by atoms with Crippen molar-refractivity contribution in [2.24, 2.45) is 5.73 Å². The van der Waals surface area contributed by atoms with E-state index in [0.29, 0.717) is 18.5 Å². The van der Waals surface area contributed by atoms with Gasteiger partial charge in [-0.2, -0.15) is 0 Å². The quantitative estimate of drug-likeness (QED) is 0.641. The molecule has 3 heterocycles. The molecule has 2 atom stereocenters. The monoisotopic (exact) mass is 371 g/mol. The average molecular weight is 372 g/mol. The maximum absolute atomic E-state index is 5.66. The second kappa shape index (κ2) is 8.62. The molecular weight excluding hydrogens is 346 g/mol. The number of H-pyrrole nitrogens is 1. The maximum Gasteiger partial charge on any atom is 0.129 e. The highest BCUT2D eigenvalue weighted by atomic mass is 35.5. The molecule has 0 bridgehead atoms. The first-order valence-corrected chi connectivity index (χ1v) is 9.17. The molecule has 0 aliphatic carbocycles. The smallest absolute Gasteiger partial charge is 0.129 e. The molecule has 138 valence electrons. The van der Waals surface area contributed by atoms with Crippen LogP contribution in [0.1, 0.15) is 48.3 Å². The fourth-order valence-corrected chi connectivity index (χ4v) is 3.79. The zero-order chi connectivity index (χ0) is 17.1. The molecule has 2 aromatic heterocycles. The van der Waals surface area contributed by atoms with E-state index in [9.17, 15) is 0 Å². The summed E-state index contributed by atoms with van der Waals surface area (Å²) < 4.78 is 0. The van der Waals surface area contributed by atoms with Gasteiger partial charge in [-0.3, -0.25) is 0 Å². The van der Waals surface area contributed by atoms with E-state index in [-0.39, 0.29) is 12.4 Å². The lowest BCUT2D eigenvalue weighted by Gasteiger charge is -2.30. The highest BCUT2D eigenvalue weighted by Gasteiger charge is 2.27. The number of nitrogens with one attached hydrogen (secondary N) is 2. The number of aryl methyl sites for hydroxylation is 1. The zero-order valence-electron chi connectivity index (χ0n) is 14.8. The number of nitrogens with two attached hydrogens (primary N) is 1. The molecule has 1 aromatic carbocycles. The predicted octanol–water partition coefficient (Wildman–Crippen LogP) is 3.48. The molecule has 0 amide bonds. The molecular formula is C20H26ClN5. The lowest BCUT2D eigenvalue weighted by molar-refractivity contribution is 0.366. The Hall–Kier alpha value is -1.95. The molecule has 4 rings (SSSR count). The predicted molar refractivity (Wildman–Crippen MR) is 108 cm³/mol. The van der Waals surface area contributed by atoms with Crippen LogP contribution in [0.5, 0.6) is 0 Å². The van der Waals surface area contributed by atoms with Crippen molar-refractivity contribution < 1.29 is 0 Å². The third kappa shape index (κ3) is 3.90. The summed E-state index contributed by atoms with van der Waals surface area (Å²) in [5.74, 6) is 1.36. The molecule has 5 nitrogen and oxygen atoms in total. The Morgan fingerprint density at radius 2 is 1.96 bits per heavy atom. The van der Waals surface area contributed by atoms with E-state index in [1.165, 1.54) is 11.3 Å². The van der Waals surface area contributed by atoms with E-state index in [1.54, 1.807) is 0 Å². The molecule has 26 heavy (non-hydrogen) atoms. The van der Waals surface area contributed by atoms with Crippen molar-refractivity contribution in [3.63, 3.8) is 0 Å². The Bertz CT molecular complexity index is 833. The van der Waals surface area contributed by atoms with Gasteiger partial charge < -0.3 is 16.0 Å². The molecule has 6 heteroatoms. The van der Waals surface area contributed by atoms with Crippen LogP contribution in [-0.4, -0.2) is 28.0 Å². The summed E-state index contributed by atoms with van der Waals surface area (Å²) in [5.41, 5.74) is 10.3. The van der Waals surface area contributed by atoms with Crippen LogP contribution in [0.4, 0.5) is 0 Å². The first kappa shape index (κ1) is 18.8. The highest BCUT2D eigenvalue weighted by Crippen LogP contribution is 2.35. The topological polar surface area (TPSA) is 79.6 Å². The summed E-state index contributed by atoms with van der Waals surface area (Å²) in [7, 11) is 0. The normalized spacial score (nSPS) is 20.0. The summed E-state index contributed by atoms with van der Waals surface area (Å²) in [6.45, 7) is 1.68. The van der Waals surface area contributed by atoms with Crippen molar-refractivity contribution in [2.75, 3.05) is 13.1 Å². The van der Waals surface area contributed by atoms with Crippen LogP contribution in [0.2, 0.25) is 0 Å². The molecule has 1 fully saturated rings. The van der Waals surface area contributed by atoms with Crippen LogP contribution in [-0.2, 0) is 6.42 Å². The van der Waals surface area contributed by atoms with Crippen molar-refractivity contribution in [1.29, 1.82) is 0 Å². The van der Waals surface area contributed by atoms with Gasteiger partial charge in [0.05, 0.1) is 16.7 Å². The fraction of sp³-hybridized carbons (Fsp3) is 0.400. The van der Waals surface area contributed by atoms with Crippen LogP contribution in [0.3, 0.4) is 0 Å². The minimum Gasteiger partial charge on any atom is -0.358 e. The van der Waals surface area contributed by atoms with Crippen LogP contribution < -0.4 is 11.1 Å². The van der Waals surface area contributed by atoms with E-state index >= 15 is 0 Å². The van der Waals surface area contributed by atoms with Crippen LogP contribution in [0, 0.1) is 0 Å². The molecule has 2 unspecified atom stereocenters. The molecule has 0 radical (unpaired) electrons. The van der Waals surface area contributed by atoms with Crippen molar-refractivity contribution in [1.82, 2.24) is 20.3 Å². The molecule has 0 spiro atoms. The minimum atomic E-state index is 0. The summed E-state index contributed by atoms with van der Waals surface area (Å²) in [6.07, 6.45) is 5.90. The third-order valence-electron chi connectivity index (χ3n) is 5.08. The Balaban J connectivity index is 0.00000196. The lowest BCUT2D eigenvalue weighted by Crippen LogP contribution is -2.31. The van der Waals surface area contributed by atoms with Gasteiger partial charge in [0.15, 0.2) is 0 Å². The molecule has 1 aliphatic rings. The largest absolute Gasteiger partial charge is 0.358 e. The molecule has 1 aliphatic heterocycles. The Morgan fingerprint density at radius 3 is 2.77 bits per heavy atom. The van der Waals surface area contributed by atoms with Crippen LogP contribution >= 0.6 is 12.4 Å². The Labute approximate surface area is 160 Å². The SMILES string of the molecule is Cl.NCCCc1nc(C2CCNC(c3ccccc3)C2)c2[nH]ccc2n1. The zero-order valence-corrected chi connectivity index (χ0v) is 15.6. The second-order valence-electron chi connectivity index (χ2n) is 6.79. The number of benzene rings is 1. The highest BCUT2D eigenvalue weighted by molar-refractivity contribution is 5.85. The second-order valence-corrected chi connectivity index (χ2v) is 6.79. The number of aromatic amines is 1. The fourth-order valence-electron chi connectivity index (χ4n) is 3.79. The average Bonchev–Trinajstić information content (AvgIpc) is 3.15. The number of rotatable bonds is 5. The Morgan fingerprint density at radius 1 is 1.12 bits per heavy atom. The standard InChI is InChI=1S/C20H25N5.ClH/c21-10-4-7-18-24-16-9-12-23-20(16)19(25-18)15-8-11-22-17(13-15)14-5-2-1-3-6-14;/h1-3,5-6,9,12,15,17,22-23H,4,7-8,10-11,13,21H2;1H. The number of nitrogens with zero attached hydrogens (tertiary/aromatic N) is 2. The van der Waals surface area contributed by atoms with Gasteiger partial charge in [-0.05, 0) is 44.0 Å². The number of aromatic nitrogens is 3. The molecule has 1 saturated heterocycles. The van der Waals surface area contributed by atoms with E-state index in [4.69, 9.17) is 15.7 Å². The van der Waals surface area contributed by atoms with E-state index in [2.05, 4.69) is 40.6 Å².